The monoisotopic (exact) mass is 496 g/mol. The summed E-state index contributed by atoms with van der Waals surface area (Å²) < 4.78 is 19.1. The van der Waals surface area contributed by atoms with Gasteiger partial charge in [-0.25, -0.2) is 0 Å². The van der Waals surface area contributed by atoms with E-state index in [1.165, 1.54) is 0 Å². The van der Waals surface area contributed by atoms with Crippen molar-refractivity contribution < 1.29 is 19.3 Å². The van der Waals surface area contributed by atoms with Crippen molar-refractivity contribution in [3.8, 4) is 12.3 Å². The summed E-state index contributed by atoms with van der Waals surface area (Å²) in [7, 11) is 0. The number of terminal acetylenes is 1. The van der Waals surface area contributed by atoms with Crippen LogP contribution in [0.2, 0.25) is 0 Å². The number of aliphatic hydroxyl groups is 1. The molecule has 0 aliphatic rings. The van der Waals surface area contributed by atoms with Gasteiger partial charge in [0.15, 0.2) is 5.60 Å². The highest BCUT2D eigenvalue weighted by atomic mass is 16.6. The van der Waals surface area contributed by atoms with Crippen LogP contribution in [0.25, 0.3) is 0 Å². The number of rotatable bonds is 16. The summed E-state index contributed by atoms with van der Waals surface area (Å²) in [6.07, 6.45) is 7.88. The van der Waals surface area contributed by atoms with Gasteiger partial charge in [-0.1, -0.05) is 109 Å². The first-order chi connectivity index (χ1) is 18.1. The minimum absolute atomic E-state index is 0.247. The second-order valence-corrected chi connectivity index (χ2v) is 8.87. The quantitative estimate of drug-likeness (QED) is 0.188. The van der Waals surface area contributed by atoms with Crippen molar-refractivity contribution in [3.63, 3.8) is 0 Å². The van der Waals surface area contributed by atoms with Gasteiger partial charge in [0.05, 0.1) is 19.8 Å². The van der Waals surface area contributed by atoms with Crippen molar-refractivity contribution in [2.45, 2.75) is 56.6 Å². The van der Waals surface area contributed by atoms with Gasteiger partial charge in [-0.3, -0.25) is 0 Å². The van der Waals surface area contributed by atoms with Crippen molar-refractivity contribution in [2.24, 2.45) is 0 Å². The minimum Gasteiger partial charge on any atom is -0.375 e. The Balaban J connectivity index is 1.93. The summed E-state index contributed by atoms with van der Waals surface area (Å²) in [6.45, 7) is 8.68. The van der Waals surface area contributed by atoms with Crippen LogP contribution in [0.4, 0.5) is 0 Å². The lowest BCUT2D eigenvalue weighted by atomic mass is 9.86. The van der Waals surface area contributed by atoms with Crippen molar-refractivity contribution in [3.05, 3.63) is 133 Å². The molecule has 3 rings (SSSR count). The Bertz CT molecular complexity index is 1110. The number of benzene rings is 3. The molecule has 192 valence electrons. The maximum atomic E-state index is 11.7. The third-order valence-electron chi connectivity index (χ3n) is 6.15. The summed E-state index contributed by atoms with van der Waals surface area (Å²) in [4.78, 5) is 0. The van der Waals surface area contributed by atoms with Crippen LogP contribution in [-0.4, -0.2) is 29.0 Å². The predicted octanol–water partition coefficient (Wildman–Crippen LogP) is 6.26. The van der Waals surface area contributed by atoms with E-state index in [4.69, 9.17) is 20.6 Å². The first-order valence-electron chi connectivity index (χ1n) is 12.5. The molecular weight excluding hydrogens is 460 g/mol. The van der Waals surface area contributed by atoms with Gasteiger partial charge < -0.3 is 19.3 Å². The van der Waals surface area contributed by atoms with Gasteiger partial charge in [0, 0.05) is 0 Å². The molecule has 0 spiro atoms. The molecule has 0 heterocycles. The molecule has 0 aliphatic heterocycles. The largest absolute Gasteiger partial charge is 0.375 e. The molecule has 0 aromatic heterocycles. The maximum absolute atomic E-state index is 11.7. The zero-order valence-electron chi connectivity index (χ0n) is 21.2. The molecule has 1 N–H and O–H groups in total. The SMILES string of the molecule is C#C[C@@](O)(CCC=C)[C@H](OCc1ccccc1)[C@@H](OCc1ccccc1)[C@@H](C=C)OCc1ccccc1. The summed E-state index contributed by atoms with van der Waals surface area (Å²) >= 11 is 0. The fourth-order valence-corrected chi connectivity index (χ4v) is 4.07. The molecule has 3 aromatic carbocycles. The number of ether oxygens (including phenoxy) is 3. The third-order valence-corrected chi connectivity index (χ3v) is 6.15. The highest BCUT2D eigenvalue weighted by molar-refractivity contribution is 5.19. The summed E-state index contributed by atoms with van der Waals surface area (Å²) in [6, 6.07) is 29.4. The standard InChI is InChI=1S/C33H36O4/c1-4-7-23-33(34,6-3)32(37-26-29-21-15-10-16-22-29)31(36-25-28-19-13-9-14-20-28)30(5-2)35-24-27-17-11-8-12-18-27/h3-5,8-22,30-32,34H,1-2,7,23-26H2/t30-,31+,32-,33-/m1/s1. The molecule has 0 bridgehead atoms. The number of hydrogen-bond donors (Lipinski definition) is 1. The predicted molar refractivity (Wildman–Crippen MR) is 148 cm³/mol. The van der Waals surface area contributed by atoms with E-state index in [0.717, 1.165) is 16.7 Å². The number of allylic oxidation sites excluding steroid dienone is 1. The van der Waals surface area contributed by atoms with Gasteiger partial charge in [-0.15, -0.1) is 19.6 Å². The molecule has 0 saturated carbocycles. The average Bonchev–Trinajstić information content (AvgIpc) is 2.96. The van der Waals surface area contributed by atoms with Gasteiger partial charge >= 0.3 is 0 Å². The fraction of sp³-hybridized carbons (Fsp3) is 0.273. The van der Waals surface area contributed by atoms with E-state index in [9.17, 15) is 5.11 Å². The van der Waals surface area contributed by atoms with E-state index in [1.54, 1.807) is 12.2 Å². The Kier molecular flexibility index (Phi) is 11.4. The van der Waals surface area contributed by atoms with Crippen LogP contribution in [0.5, 0.6) is 0 Å². The molecule has 4 heteroatoms. The van der Waals surface area contributed by atoms with Gasteiger partial charge in [0.1, 0.15) is 18.3 Å². The lowest BCUT2D eigenvalue weighted by molar-refractivity contribution is -0.187. The second kappa shape index (κ2) is 14.9. The van der Waals surface area contributed by atoms with Crippen molar-refractivity contribution in [1.29, 1.82) is 0 Å². The first kappa shape index (κ1) is 28.1. The topological polar surface area (TPSA) is 47.9 Å². The molecule has 0 saturated heterocycles. The minimum atomic E-state index is -1.62. The highest BCUT2D eigenvalue weighted by Gasteiger charge is 2.44. The molecule has 4 nitrogen and oxygen atoms in total. The van der Waals surface area contributed by atoms with E-state index in [0.29, 0.717) is 13.0 Å². The maximum Gasteiger partial charge on any atom is 0.154 e. The second-order valence-electron chi connectivity index (χ2n) is 8.87. The molecule has 37 heavy (non-hydrogen) atoms. The Hall–Kier alpha value is -3.46. The Labute approximate surface area is 221 Å². The zero-order valence-corrected chi connectivity index (χ0v) is 21.2. The Morgan fingerprint density at radius 1 is 0.757 bits per heavy atom. The molecular formula is C33H36O4. The van der Waals surface area contributed by atoms with Crippen LogP contribution < -0.4 is 0 Å². The molecule has 0 unspecified atom stereocenters. The molecule has 0 fully saturated rings. The molecule has 0 amide bonds. The number of hydrogen-bond acceptors (Lipinski definition) is 4. The fourth-order valence-electron chi connectivity index (χ4n) is 4.07. The normalized spacial score (nSPS) is 15.0. The van der Waals surface area contributed by atoms with Crippen LogP contribution in [0.3, 0.4) is 0 Å². The van der Waals surface area contributed by atoms with Crippen molar-refractivity contribution in [1.82, 2.24) is 0 Å². The summed E-state index contributed by atoms with van der Waals surface area (Å²) in [5, 5.41) is 11.7. The molecule has 4 atom stereocenters. The lowest BCUT2D eigenvalue weighted by Gasteiger charge is -2.39. The smallest absolute Gasteiger partial charge is 0.154 e. The van der Waals surface area contributed by atoms with Crippen molar-refractivity contribution in [2.75, 3.05) is 0 Å². The third kappa shape index (κ3) is 8.56. The summed E-state index contributed by atoms with van der Waals surface area (Å²) in [5.74, 6) is 2.59. The Morgan fingerprint density at radius 2 is 1.22 bits per heavy atom. The zero-order chi connectivity index (χ0) is 26.3. The molecule has 3 aromatic rings. The van der Waals surface area contributed by atoms with E-state index < -0.39 is 23.9 Å². The summed E-state index contributed by atoms with van der Waals surface area (Å²) in [5.41, 5.74) is 1.33. The van der Waals surface area contributed by atoms with Gasteiger partial charge in [-0.05, 0) is 29.5 Å². The van der Waals surface area contributed by atoms with E-state index in [2.05, 4.69) is 19.1 Å². The first-order valence-corrected chi connectivity index (χ1v) is 12.5. The van der Waals surface area contributed by atoms with E-state index in [-0.39, 0.29) is 19.6 Å². The van der Waals surface area contributed by atoms with E-state index >= 15 is 0 Å². The van der Waals surface area contributed by atoms with Crippen LogP contribution in [0.15, 0.2) is 116 Å². The molecule has 0 radical (unpaired) electrons. The highest BCUT2D eigenvalue weighted by Crippen LogP contribution is 2.29. The van der Waals surface area contributed by atoms with Crippen LogP contribution in [0.1, 0.15) is 29.5 Å². The van der Waals surface area contributed by atoms with Gasteiger partial charge in [-0.2, -0.15) is 0 Å². The Morgan fingerprint density at radius 3 is 1.65 bits per heavy atom. The van der Waals surface area contributed by atoms with Gasteiger partial charge in [0.2, 0.25) is 0 Å². The van der Waals surface area contributed by atoms with E-state index in [1.807, 2.05) is 91.0 Å². The van der Waals surface area contributed by atoms with Crippen LogP contribution in [0, 0.1) is 12.3 Å². The van der Waals surface area contributed by atoms with Gasteiger partial charge in [0.25, 0.3) is 0 Å². The van der Waals surface area contributed by atoms with Crippen molar-refractivity contribution >= 4 is 0 Å². The molecule has 0 aliphatic carbocycles. The van der Waals surface area contributed by atoms with Crippen LogP contribution >= 0.6 is 0 Å². The average molecular weight is 497 g/mol. The lowest BCUT2D eigenvalue weighted by Crippen LogP contribution is -2.54. The van der Waals surface area contributed by atoms with Crippen LogP contribution in [-0.2, 0) is 34.0 Å².